The van der Waals surface area contributed by atoms with Crippen molar-refractivity contribution in [1.29, 1.82) is 0 Å². The van der Waals surface area contributed by atoms with Crippen molar-refractivity contribution < 1.29 is 29.2 Å². The van der Waals surface area contributed by atoms with E-state index in [4.69, 9.17) is 14.2 Å². The number of carbonyl (C=O) groups excluding carboxylic acids is 1. The molecule has 0 radical (unpaired) electrons. The number of phenols is 1. The molecule has 0 atom stereocenters. The van der Waals surface area contributed by atoms with Gasteiger partial charge in [0.2, 0.25) is 0 Å². The molecule has 0 aliphatic carbocycles. The van der Waals surface area contributed by atoms with Crippen molar-refractivity contribution in [2.45, 2.75) is 6.92 Å². The van der Waals surface area contributed by atoms with Gasteiger partial charge < -0.3 is 24.4 Å². The predicted octanol–water partition coefficient (Wildman–Crippen LogP) is 4.60. The van der Waals surface area contributed by atoms with E-state index in [1.165, 1.54) is 13.2 Å². The summed E-state index contributed by atoms with van der Waals surface area (Å²) in [5, 5.41) is 21.2. The summed E-state index contributed by atoms with van der Waals surface area (Å²) in [4.78, 5) is 17.3. The number of hydrogen-bond donors (Lipinski definition) is 2. The highest BCUT2D eigenvalue weighted by atomic mass is 32.2. The van der Waals surface area contributed by atoms with E-state index >= 15 is 0 Å². The van der Waals surface area contributed by atoms with Gasteiger partial charge in [-0.15, -0.1) is 0 Å². The topological polar surface area (TPSA) is 97.6 Å². The van der Waals surface area contributed by atoms with Crippen LogP contribution in [0.3, 0.4) is 0 Å². The van der Waals surface area contributed by atoms with Gasteiger partial charge in [0.05, 0.1) is 31.4 Å². The van der Waals surface area contributed by atoms with Crippen LogP contribution >= 0.6 is 11.8 Å². The number of aromatic hydroxyl groups is 1. The molecule has 1 aliphatic heterocycles. The van der Waals surface area contributed by atoms with Crippen LogP contribution in [0.4, 0.5) is 5.69 Å². The van der Waals surface area contributed by atoms with Crippen molar-refractivity contribution in [1.82, 2.24) is 0 Å². The van der Waals surface area contributed by atoms with Crippen LogP contribution in [0.25, 0.3) is 6.08 Å². The van der Waals surface area contributed by atoms with Gasteiger partial charge in [0.15, 0.2) is 0 Å². The second kappa shape index (κ2) is 9.41. The molecule has 0 aromatic heterocycles. The number of benzene rings is 2. The molecule has 1 heterocycles. The van der Waals surface area contributed by atoms with Gasteiger partial charge in [-0.3, -0.25) is 0 Å². The number of ether oxygens (including phenoxy) is 3. The molecule has 8 heteroatoms. The molecule has 0 fully saturated rings. The van der Waals surface area contributed by atoms with Crippen molar-refractivity contribution in [2.75, 3.05) is 20.8 Å². The zero-order valence-electron chi connectivity index (χ0n) is 16.7. The van der Waals surface area contributed by atoms with Gasteiger partial charge in [-0.25, -0.2) is 9.79 Å². The van der Waals surface area contributed by atoms with Crippen LogP contribution in [-0.2, 0) is 9.53 Å². The van der Waals surface area contributed by atoms with Crippen LogP contribution in [0.1, 0.15) is 12.5 Å². The Hall–Kier alpha value is -3.39. The van der Waals surface area contributed by atoms with E-state index in [2.05, 4.69) is 4.99 Å². The molecule has 0 spiro atoms. The van der Waals surface area contributed by atoms with E-state index in [1.807, 2.05) is 0 Å². The number of esters is 1. The minimum Gasteiger partial charge on any atom is -0.507 e. The maximum absolute atomic E-state index is 12.5. The lowest BCUT2D eigenvalue weighted by atomic mass is 10.1. The summed E-state index contributed by atoms with van der Waals surface area (Å²) in [6, 6.07) is 11.8. The molecule has 30 heavy (non-hydrogen) atoms. The Morgan fingerprint density at radius 2 is 1.83 bits per heavy atom. The number of phenolic OH excluding ortho intramolecular Hbond substituents is 1. The number of aliphatic imine (C=N–C) groups is 1. The number of methoxy groups -OCH3 is 2. The highest BCUT2D eigenvalue weighted by molar-refractivity contribution is 8.18. The van der Waals surface area contributed by atoms with Crippen molar-refractivity contribution in [3.8, 4) is 17.2 Å². The monoisotopic (exact) mass is 427 g/mol. The third kappa shape index (κ3) is 4.60. The van der Waals surface area contributed by atoms with E-state index in [-0.39, 0.29) is 28.7 Å². The summed E-state index contributed by atoms with van der Waals surface area (Å²) >= 11 is 1.10. The minimum atomic E-state index is -0.678. The number of aliphatic hydroxyl groups is 1. The molecule has 7 nitrogen and oxygen atoms in total. The Morgan fingerprint density at radius 1 is 1.10 bits per heavy atom. The molecule has 0 bridgehead atoms. The van der Waals surface area contributed by atoms with Gasteiger partial charge in [-0.1, -0.05) is 17.8 Å². The van der Waals surface area contributed by atoms with Crippen LogP contribution in [0, 0.1) is 0 Å². The highest BCUT2D eigenvalue weighted by Gasteiger charge is 2.33. The summed E-state index contributed by atoms with van der Waals surface area (Å²) < 4.78 is 15.5. The summed E-state index contributed by atoms with van der Waals surface area (Å²) in [7, 11) is 3.07. The number of thioether (sulfide) groups is 1. The number of nitrogens with zero attached hydrogens (tertiary/aromatic N) is 1. The summed E-state index contributed by atoms with van der Waals surface area (Å²) in [5.41, 5.74) is 0.949. The first-order valence-electron chi connectivity index (χ1n) is 9.07. The molecule has 2 aromatic carbocycles. The Morgan fingerprint density at radius 3 is 2.53 bits per heavy atom. The molecule has 0 saturated heterocycles. The Labute approximate surface area is 178 Å². The molecule has 3 rings (SSSR count). The molecule has 156 valence electrons. The van der Waals surface area contributed by atoms with Gasteiger partial charge in [0.25, 0.3) is 0 Å². The fraction of sp³-hybridized carbons (Fsp3) is 0.182. The van der Waals surface area contributed by atoms with Crippen molar-refractivity contribution in [2.24, 2.45) is 4.99 Å². The SMILES string of the molecule is CCOC(=O)C1=C(O)C(=Cc2cc(OC)ccc2O)SC1=Nc1cccc(OC)c1. The third-order valence-electron chi connectivity index (χ3n) is 4.18. The predicted molar refractivity (Wildman–Crippen MR) is 117 cm³/mol. The average molecular weight is 427 g/mol. The number of aliphatic hydroxyl groups excluding tert-OH is 1. The molecule has 0 amide bonds. The average Bonchev–Trinajstić information content (AvgIpc) is 3.04. The van der Waals surface area contributed by atoms with Gasteiger partial charge >= 0.3 is 5.97 Å². The first-order chi connectivity index (χ1) is 14.5. The second-order valence-corrected chi connectivity index (χ2v) is 7.13. The first-order valence-corrected chi connectivity index (χ1v) is 9.88. The van der Waals surface area contributed by atoms with E-state index < -0.39 is 5.97 Å². The number of carbonyl (C=O) groups is 1. The van der Waals surface area contributed by atoms with E-state index in [0.717, 1.165) is 11.8 Å². The summed E-state index contributed by atoms with van der Waals surface area (Å²) in [6.45, 7) is 1.84. The van der Waals surface area contributed by atoms with Crippen LogP contribution in [0.2, 0.25) is 0 Å². The Balaban J connectivity index is 2.07. The fourth-order valence-electron chi connectivity index (χ4n) is 2.71. The van der Waals surface area contributed by atoms with E-state index in [1.54, 1.807) is 56.5 Å². The second-order valence-electron chi connectivity index (χ2n) is 6.10. The lowest BCUT2D eigenvalue weighted by Crippen LogP contribution is -2.12. The third-order valence-corrected chi connectivity index (χ3v) is 5.20. The van der Waals surface area contributed by atoms with E-state index in [9.17, 15) is 15.0 Å². The Kier molecular flexibility index (Phi) is 6.68. The molecule has 2 aromatic rings. The fourth-order valence-corrected chi connectivity index (χ4v) is 3.73. The molecule has 2 N–H and O–H groups in total. The zero-order chi connectivity index (χ0) is 21.7. The van der Waals surface area contributed by atoms with Crippen molar-refractivity contribution >= 4 is 34.5 Å². The maximum Gasteiger partial charge on any atom is 0.344 e. The van der Waals surface area contributed by atoms with E-state index in [0.29, 0.717) is 27.7 Å². The molecule has 0 unspecified atom stereocenters. The molecular weight excluding hydrogens is 406 g/mol. The van der Waals surface area contributed by atoms with Crippen LogP contribution in [0.15, 0.2) is 63.7 Å². The summed E-state index contributed by atoms with van der Waals surface area (Å²) in [6.07, 6.45) is 1.56. The smallest absolute Gasteiger partial charge is 0.344 e. The van der Waals surface area contributed by atoms with Crippen LogP contribution in [0.5, 0.6) is 17.2 Å². The largest absolute Gasteiger partial charge is 0.507 e. The molecule has 1 aliphatic rings. The standard InChI is InChI=1S/C22H21NO6S/c1-4-29-22(26)19-20(25)18(11-13-10-16(28-3)8-9-17(13)24)30-21(19)23-14-6-5-7-15(12-14)27-2/h5-12,24-25H,4H2,1-3H3. The Bertz CT molecular complexity index is 1060. The van der Waals surface area contributed by atoms with Crippen LogP contribution in [-0.4, -0.2) is 42.1 Å². The lowest BCUT2D eigenvalue weighted by molar-refractivity contribution is -0.138. The normalized spacial score (nSPS) is 16.2. The number of hydrogen-bond acceptors (Lipinski definition) is 8. The van der Waals surface area contributed by atoms with Gasteiger partial charge in [0, 0.05) is 11.6 Å². The zero-order valence-corrected chi connectivity index (χ0v) is 17.5. The number of rotatable bonds is 6. The highest BCUT2D eigenvalue weighted by Crippen LogP contribution is 2.41. The van der Waals surface area contributed by atoms with Gasteiger partial charge in [-0.05, 0) is 43.3 Å². The maximum atomic E-state index is 12.5. The molecule has 0 saturated carbocycles. The summed E-state index contributed by atoms with van der Waals surface area (Å²) in [5.74, 6) is 0.224. The quantitative estimate of drug-likeness (QED) is 0.650. The van der Waals surface area contributed by atoms with Crippen molar-refractivity contribution in [3.63, 3.8) is 0 Å². The van der Waals surface area contributed by atoms with Crippen molar-refractivity contribution in [3.05, 3.63) is 64.3 Å². The lowest BCUT2D eigenvalue weighted by Gasteiger charge is -2.05. The molecular formula is C22H21NO6S. The minimum absolute atomic E-state index is 0.00701. The van der Waals surface area contributed by atoms with Gasteiger partial charge in [-0.2, -0.15) is 0 Å². The first kappa shape index (κ1) is 21.3. The van der Waals surface area contributed by atoms with Crippen LogP contribution < -0.4 is 9.47 Å². The van der Waals surface area contributed by atoms with Gasteiger partial charge in [0.1, 0.15) is 33.6 Å².